The summed E-state index contributed by atoms with van der Waals surface area (Å²) < 4.78 is 69.7. The maximum absolute atomic E-state index is 13.8. The highest BCUT2D eigenvalue weighted by atomic mass is 19.3. The second kappa shape index (κ2) is 10.3. The number of halogens is 5. The van der Waals surface area contributed by atoms with Gasteiger partial charge in [-0.15, -0.1) is 0 Å². The van der Waals surface area contributed by atoms with Crippen LogP contribution in [0.15, 0.2) is 43.1 Å². The molecule has 9 nitrogen and oxygen atoms in total. The van der Waals surface area contributed by atoms with Crippen LogP contribution >= 0.6 is 0 Å². The van der Waals surface area contributed by atoms with Crippen LogP contribution in [-0.4, -0.2) is 60.8 Å². The number of nitrogens with zero attached hydrogens (tertiary/aromatic N) is 6. The Kier molecular flexibility index (Phi) is 7.07. The van der Waals surface area contributed by atoms with Crippen LogP contribution in [0.4, 0.5) is 33.5 Å². The van der Waals surface area contributed by atoms with Crippen molar-refractivity contribution in [1.29, 1.82) is 0 Å². The number of rotatable bonds is 7. The van der Waals surface area contributed by atoms with E-state index in [4.69, 9.17) is 11.5 Å². The minimum absolute atomic E-state index is 0.0428. The lowest BCUT2D eigenvalue weighted by molar-refractivity contribution is -0.0529. The van der Waals surface area contributed by atoms with Crippen LogP contribution in [0.1, 0.15) is 30.4 Å². The van der Waals surface area contributed by atoms with E-state index in [1.807, 2.05) is 0 Å². The summed E-state index contributed by atoms with van der Waals surface area (Å²) in [5.74, 6) is -0.634. The minimum atomic E-state index is -3.02. The van der Waals surface area contributed by atoms with Crippen LogP contribution in [-0.2, 0) is 6.54 Å². The molecule has 0 saturated carbocycles. The number of pyridine rings is 1. The topological polar surface area (TPSA) is 132 Å². The van der Waals surface area contributed by atoms with Gasteiger partial charge in [-0.1, -0.05) is 0 Å². The van der Waals surface area contributed by atoms with Crippen LogP contribution in [0.2, 0.25) is 0 Å². The highest BCUT2D eigenvalue weighted by Gasteiger charge is 2.43. The summed E-state index contributed by atoms with van der Waals surface area (Å²) in [6.07, 6.45) is -3.20. The van der Waals surface area contributed by atoms with Crippen molar-refractivity contribution in [1.82, 2.24) is 24.5 Å². The lowest BCUT2D eigenvalue weighted by Crippen LogP contribution is -2.63. The molecule has 1 unspecified atom stereocenters. The molecule has 14 heteroatoms. The molecule has 1 saturated heterocycles. The van der Waals surface area contributed by atoms with Crippen LogP contribution in [0.3, 0.4) is 0 Å². The highest BCUT2D eigenvalue weighted by molar-refractivity contribution is 5.81. The van der Waals surface area contributed by atoms with Crippen molar-refractivity contribution in [3.05, 3.63) is 60.1 Å². The zero-order valence-corrected chi connectivity index (χ0v) is 20.5. The van der Waals surface area contributed by atoms with Gasteiger partial charge < -0.3 is 26.0 Å². The molecule has 1 aliphatic heterocycles. The Balaban J connectivity index is 1.61. The molecule has 5 rings (SSSR count). The molecule has 206 valence electrons. The number of piperidine rings is 1. The summed E-state index contributed by atoms with van der Waals surface area (Å²) >= 11 is 0. The van der Waals surface area contributed by atoms with E-state index in [9.17, 15) is 27.1 Å². The van der Waals surface area contributed by atoms with Crippen LogP contribution in [0.25, 0.3) is 22.4 Å². The van der Waals surface area contributed by atoms with Crippen LogP contribution < -0.4 is 16.4 Å². The lowest BCUT2D eigenvalue weighted by atomic mass is 9.84. The van der Waals surface area contributed by atoms with Crippen LogP contribution in [0.5, 0.6) is 0 Å². The number of nitrogen functional groups attached to an aromatic ring is 1. The predicted octanol–water partition coefficient (Wildman–Crippen LogP) is 3.52. The van der Waals surface area contributed by atoms with Gasteiger partial charge >= 0.3 is 0 Å². The molecule has 5 N–H and O–H groups in total. The number of hydrogen-bond acceptors (Lipinski definition) is 8. The van der Waals surface area contributed by atoms with Gasteiger partial charge in [-0.3, -0.25) is 4.98 Å². The number of alkyl halides is 4. The fourth-order valence-electron chi connectivity index (χ4n) is 5.00. The Labute approximate surface area is 219 Å². The molecular weight excluding hydrogens is 523 g/mol. The van der Waals surface area contributed by atoms with Gasteiger partial charge in [-0.25, -0.2) is 36.9 Å². The average molecular weight is 549 g/mol. The predicted molar refractivity (Wildman–Crippen MR) is 134 cm³/mol. The summed E-state index contributed by atoms with van der Waals surface area (Å²) in [6, 6.07) is 4.63. The first-order valence-corrected chi connectivity index (χ1v) is 12.1. The van der Waals surface area contributed by atoms with E-state index in [0.29, 0.717) is 35.4 Å². The number of aliphatic hydroxyl groups is 1. The Morgan fingerprint density at radius 3 is 2.62 bits per heavy atom. The van der Waals surface area contributed by atoms with Crippen molar-refractivity contribution in [2.24, 2.45) is 5.73 Å². The van der Waals surface area contributed by atoms with Gasteiger partial charge in [0.2, 0.25) is 0 Å². The molecule has 0 radical (unpaired) electrons. The van der Waals surface area contributed by atoms with Gasteiger partial charge in [-0.05, 0) is 42.7 Å². The number of imidazole rings is 1. The third kappa shape index (κ3) is 5.08. The molecule has 3 aromatic heterocycles. The molecular formula is C25H25F5N8O. The molecule has 0 amide bonds. The smallest absolute Gasteiger partial charge is 0.265 e. The number of hydrogen-bond donors (Lipinski definition) is 3. The summed E-state index contributed by atoms with van der Waals surface area (Å²) in [6.45, 7) is 0.460. The average Bonchev–Trinajstić information content (AvgIpc) is 3.32. The molecule has 0 aliphatic carbocycles. The molecule has 4 aromatic rings. The SMILES string of the molecule is Nc1ncnc2c1ncn2Cc1cc(-c2ccc(F)cc2C(F)F)ncc1N1CCCC(N)([C@@H](O)C(F)F)C1. The molecule has 1 aromatic carbocycles. The number of fused-ring (bicyclic) bond motifs is 1. The van der Waals surface area contributed by atoms with Crippen molar-refractivity contribution in [2.45, 2.75) is 43.9 Å². The molecule has 1 aliphatic rings. The van der Waals surface area contributed by atoms with Crippen LogP contribution in [0, 0.1) is 5.82 Å². The minimum Gasteiger partial charge on any atom is -0.385 e. The molecule has 0 spiro atoms. The van der Waals surface area contributed by atoms with Gasteiger partial charge in [0, 0.05) is 24.2 Å². The fraction of sp³-hybridized carbons (Fsp3) is 0.360. The van der Waals surface area contributed by atoms with E-state index >= 15 is 0 Å². The zero-order valence-electron chi connectivity index (χ0n) is 20.5. The summed E-state index contributed by atoms with van der Waals surface area (Å²) in [7, 11) is 0. The summed E-state index contributed by atoms with van der Waals surface area (Å²) in [4.78, 5) is 18.5. The number of anilines is 2. The van der Waals surface area contributed by atoms with Crippen molar-refractivity contribution >= 4 is 22.7 Å². The van der Waals surface area contributed by atoms with E-state index in [-0.39, 0.29) is 36.6 Å². The number of benzene rings is 1. The molecule has 4 heterocycles. The Morgan fingerprint density at radius 1 is 1.08 bits per heavy atom. The van der Waals surface area contributed by atoms with Crippen molar-refractivity contribution in [3.63, 3.8) is 0 Å². The first-order chi connectivity index (χ1) is 18.6. The summed E-state index contributed by atoms with van der Waals surface area (Å²) in [5, 5.41) is 10.1. The quantitative estimate of drug-likeness (QED) is 0.299. The first kappa shape index (κ1) is 26.7. The first-order valence-electron chi connectivity index (χ1n) is 12.1. The van der Waals surface area contributed by atoms with E-state index in [0.717, 1.165) is 12.1 Å². The third-order valence-corrected chi connectivity index (χ3v) is 6.98. The Hall–Kier alpha value is -3.91. The monoisotopic (exact) mass is 548 g/mol. The zero-order chi connectivity index (χ0) is 27.9. The largest absolute Gasteiger partial charge is 0.385 e. The molecule has 2 atom stereocenters. The molecule has 1 fully saturated rings. The van der Waals surface area contributed by atoms with Gasteiger partial charge in [0.1, 0.15) is 23.8 Å². The normalized spacial score (nSPS) is 18.8. The standard InChI is InChI=1S/C25H25F5N8O/c26-14-2-3-15(16(7-14)21(27)28)17-6-13(9-38-12-36-19-23(31)34-11-35-24(19)38)18(8-33-17)37-5-1-4-25(32,10-37)20(39)22(29)30/h2-3,6-8,11-12,20-22,39H,1,4-5,9-10,32H2,(H2,31,34,35)/t20-,25?/m0/s1. The van der Waals surface area contributed by atoms with E-state index in [2.05, 4.69) is 19.9 Å². The molecule has 0 bridgehead atoms. The van der Waals surface area contributed by atoms with E-state index in [1.165, 1.54) is 24.9 Å². The third-order valence-electron chi connectivity index (χ3n) is 6.98. The van der Waals surface area contributed by atoms with E-state index in [1.54, 1.807) is 15.5 Å². The van der Waals surface area contributed by atoms with Gasteiger partial charge in [0.05, 0.1) is 36.0 Å². The van der Waals surface area contributed by atoms with Gasteiger partial charge in [0.25, 0.3) is 12.9 Å². The number of aromatic nitrogens is 5. The van der Waals surface area contributed by atoms with Gasteiger partial charge in [0.15, 0.2) is 11.5 Å². The Morgan fingerprint density at radius 2 is 1.87 bits per heavy atom. The van der Waals surface area contributed by atoms with Crippen molar-refractivity contribution in [3.8, 4) is 11.3 Å². The fourth-order valence-corrected chi connectivity index (χ4v) is 5.00. The van der Waals surface area contributed by atoms with Crippen molar-refractivity contribution < 1.29 is 27.1 Å². The molecule has 39 heavy (non-hydrogen) atoms. The highest BCUT2D eigenvalue weighted by Crippen LogP contribution is 2.36. The second-order valence-corrected chi connectivity index (χ2v) is 9.57. The lowest BCUT2D eigenvalue weighted by Gasteiger charge is -2.44. The second-order valence-electron chi connectivity index (χ2n) is 9.57. The number of nitrogens with two attached hydrogens (primary N) is 2. The van der Waals surface area contributed by atoms with Crippen molar-refractivity contribution in [2.75, 3.05) is 23.7 Å². The Bertz CT molecular complexity index is 1500. The van der Waals surface area contributed by atoms with E-state index < -0.39 is 35.9 Å². The summed E-state index contributed by atoms with van der Waals surface area (Å²) in [5.41, 5.74) is 12.1. The maximum Gasteiger partial charge on any atom is 0.265 e. The van der Waals surface area contributed by atoms with Gasteiger partial charge in [-0.2, -0.15) is 0 Å². The number of aliphatic hydroxyl groups excluding tert-OH is 1. The maximum atomic E-state index is 13.8.